The first-order valence-corrected chi connectivity index (χ1v) is 8.22. The number of nitrogen functional groups attached to an aromatic ring is 1. The monoisotopic (exact) mass is 354 g/mol. The molecule has 3 N–H and O–H groups in total. The highest BCUT2D eigenvalue weighted by Gasteiger charge is 2.15. The van der Waals surface area contributed by atoms with Crippen molar-refractivity contribution < 1.29 is 8.42 Å². The zero-order valence-corrected chi connectivity index (χ0v) is 13.5. The minimum atomic E-state index is -3.59. The molecule has 0 aliphatic heterocycles. The molecule has 0 radical (unpaired) electrons. The fourth-order valence-corrected chi connectivity index (χ4v) is 3.15. The summed E-state index contributed by atoms with van der Waals surface area (Å²) >= 11 is 3.28. The second kappa shape index (κ2) is 5.46. The lowest BCUT2D eigenvalue weighted by atomic mass is 10.1. The summed E-state index contributed by atoms with van der Waals surface area (Å²) in [5.41, 5.74) is 8.61. The molecular weight excluding hydrogens is 340 g/mol. The average Bonchev–Trinajstić information content (AvgIpc) is 2.36. The topological polar surface area (TPSA) is 72.2 Å². The van der Waals surface area contributed by atoms with E-state index in [1.165, 1.54) is 0 Å². The van der Waals surface area contributed by atoms with Gasteiger partial charge in [0.25, 0.3) is 10.0 Å². The lowest BCUT2D eigenvalue weighted by molar-refractivity contribution is 0.601. The van der Waals surface area contributed by atoms with E-state index in [9.17, 15) is 8.42 Å². The Morgan fingerprint density at radius 1 is 1.05 bits per heavy atom. The fourth-order valence-electron chi connectivity index (χ4n) is 1.77. The van der Waals surface area contributed by atoms with Gasteiger partial charge in [-0.2, -0.15) is 0 Å². The van der Waals surface area contributed by atoms with Gasteiger partial charge in [0.1, 0.15) is 0 Å². The van der Waals surface area contributed by atoms with Crippen LogP contribution in [0.25, 0.3) is 0 Å². The molecule has 2 aromatic carbocycles. The van der Waals surface area contributed by atoms with E-state index in [0.29, 0.717) is 11.4 Å². The second-order valence-corrected chi connectivity index (χ2v) is 7.18. The van der Waals surface area contributed by atoms with Crippen LogP contribution in [-0.4, -0.2) is 8.42 Å². The van der Waals surface area contributed by atoms with Crippen molar-refractivity contribution in [3.63, 3.8) is 0 Å². The van der Waals surface area contributed by atoms with E-state index < -0.39 is 10.0 Å². The van der Waals surface area contributed by atoms with Gasteiger partial charge < -0.3 is 5.73 Å². The number of benzene rings is 2. The summed E-state index contributed by atoms with van der Waals surface area (Å²) in [6, 6.07) is 9.97. The van der Waals surface area contributed by atoms with Crippen molar-refractivity contribution in [3.05, 3.63) is 52.0 Å². The molecular formula is C14H15BrN2O2S. The normalized spacial score (nSPS) is 11.3. The summed E-state index contributed by atoms with van der Waals surface area (Å²) in [5.74, 6) is 0. The minimum Gasteiger partial charge on any atom is -0.399 e. The molecule has 0 aliphatic carbocycles. The molecule has 4 nitrogen and oxygen atoms in total. The van der Waals surface area contributed by atoms with Gasteiger partial charge in [0.15, 0.2) is 0 Å². The van der Waals surface area contributed by atoms with Crippen LogP contribution >= 0.6 is 15.9 Å². The molecule has 0 aromatic heterocycles. The van der Waals surface area contributed by atoms with Crippen molar-refractivity contribution in [1.29, 1.82) is 0 Å². The maximum Gasteiger partial charge on any atom is 0.261 e. The quantitative estimate of drug-likeness (QED) is 0.829. The lowest BCUT2D eigenvalue weighted by Crippen LogP contribution is -2.14. The first kappa shape index (κ1) is 14.9. The summed E-state index contributed by atoms with van der Waals surface area (Å²) in [6.45, 7) is 3.65. The number of sulfonamides is 1. The zero-order valence-electron chi connectivity index (χ0n) is 11.1. The van der Waals surface area contributed by atoms with E-state index in [2.05, 4.69) is 20.7 Å². The predicted molar refractivity (Wildman–Crippen MR) is 85.3 cm³/mol. The van der Waals surface area contributed by atoms with Crippen LogP contribution in [0.4, 0.5) is 11.4 Å². The molecule has 2 aromatic rings. The maximum atomic E-state index is 12.3. The molecule has 0 heterocycles. The van der Waals surface area contributed by atoms with Crippen molar-refractivity contribution in [3.8, 4) is 0 Å². The predicted octanol–water partition coefficient (Wildman–Crippen LogP) is 3.45. The highest BCUT2D eigenvalue weighted by atomic mass is 79.9. The molecule has 0 unspecified atom stereocenters. The number of aryl methyl sites for hydroxylation is 2. The Bertz CT molecular complexity index is 741. The Balaban J connectivity index is 2.38. The number of nitrogens with one attached hydrogen (secondary N) is 1. The third kappa shape index (κ3) is 3.13. The molecule has 0 aliphatic rings. The smallest absolute Gasteiger partial charge is 0.261 e. The molecule has 6 heteroatoms. The van der Waals surface area contributed by atoms with Crippen molar-refractivity contribution >= 4 is 37.3 Å². The number of halogens is 1. The van der Waals surface area contributed by atoms with Crippen LogP contribution < -0.4 is 10.5 Å². The molecule has 2 rings (SSSR count). The number of anilines is 2. The Kier molecular flexibility index (Phi) is 4.06. The van der Waals surface area contributed by atoms with Crippen LogP contribution in [0.15, 0.2) is 45.8 Å². The van der Waals surface area contributed by atoms with Gasteiger partial charge in [-0.25, -0.2) is 8.42 Å². The average molecular weight is 355 g/mol. The Morgan fingerprint density at radius 2 is 1.65 bits per heavy atom. The van der Waals surface area contributed by atoms with Crippen molar-refractivity contribution in [2.45, 2.75) is 18.7 Å². The van der Waals surface area contributed by atoms with Crippen molar-refractivity contribution in [1.82, 2.24) is 0 Å². The first-order valence-electron chi connectivity index (χ1n) is 5.95. The van der Waals surface area contributed by atoms with Crippen molar-refractivity contribution in [2.75, 3.05) is 10.5 Å². The van der Waals surface area contributed by atoms with Crippen LogP contribution in [0.2, 0.25) is 0 Å². The molecule has 0 amide bonds. The summed E-state index contributed by atoms with van der Waals surface area (Å²) in [7, 11) is -3.59. The zero-order chi connectivity index (χ0) is 14.9. The highest BCUT2D eigenvalue weighted by molar-refractivity contribution is 9.10. The van der Waals surface area contributed by atoms with Gasteiger partial charge in [-0.15, -0.1) is 0 Å². The second-order valence-electron chi connectivity index (χ2n) is 4.58. The van der Waals surface area contributed by atoms with Crippen LogP contribution in [-0.2, 0) is 10.0 Å². The number of nitrogens with two attached hydrogens (primary N) is 1. The lowest BCUT2D eigenvalue weighted by Gasteiger charge is -2.13. The van der Waals surface area contributed by atoms with Gasteiger partial charge in [0, 0.05) is 10.2 Å². The third-order valence-electron chi connectivity index (χ3n) is 2.98. The van der Waals surface area contributed by atoms with Gasteiger partial charge in [-0.3, -0.25) is 4.72 Å². The van der Waals surface area contributed by atoms with E-state index >= 15 is 0 Å². The van der Waals surface area contributed by atoms with Gasteiger partial charge in [0.2, 0.25) is 0 Å². The molecule has 0 spiro atoms. The molecule has 0 atom stereocenters. The number of rotatable bonds is 3. The van der Waals surface area contributed by atoms with E-state index in [-0.39, 0.29) is 4.90 Å². The first-order chi connectivity index (χ1) is 9.29. The van der Waals surface area contributed by atoms with E-state index in [4.69, 9.17) is 5.73 Å². The molecule has 20 heavy (non-hydrogen) atoms. The third-order valence-corrected chi connectivity index (χ3v) is 4.89. The molecule has 106 valence electrons. The Labute approximate surface area is 127 Å². The van der Waals surface area contributed by atoms with E-state index in [1.54, 1.807) is 36.4 Å². The number of hydrogen-bond acceptors (Lipinski definition) is 3. The maximum absolute atomic E-state index is 12.3. The van der Waals surface area contributed by atoms with Crippen LogP contribution in [0, 0.1) is 13.8 Å². The molecule has 0 fully saturated rings. The van der Waals surface area contributed by atoms with Gasteiger partial charge in [-0.05, 0) is 61.4 Å². The van der Waals surface area contributed by atoms with E-state index in [0.717, 1.165) is 15.6 Å². The van der Waals surface area contributed by atoms with Crippen LogP contribution in [0.1, 0.15) is 11.1 Å². The van der Waals surface area contributed by atoms with Gasteiger partial charge >= 0.3 is 0 Å². The van der Waals surface area contributed by atoms with Crippen LogP contribution in [0.5, 0.6) is 0 Å². The summed E-state index contributed by atoms with van der Waals surface area (Å²) < 4.78 is 28.0. The van der Waals surface area contributed by atoms with E-state index in [1.807, 2.05) is 13.8 Å². The van der Waals surface area contributed by atoms with Crippen molar-refractivity contribution in [2.24, 2.45) is 0 Å². The SMILES string of the molecule is Cc1cc(NS(=O)(=O)c2ccc(Br)cc2)c(C)cc1N. The molecule has 0 bridgehead atoms. The summed E-state index contributed by atoms with van der Waals surface area (Å²) in [5, 5.41) is 0. The minimum absolute atomic E-state index is 0.217. The molecule has 0 saturated carbocycles. The summed E-state index contributed by atoms with van der Waals surface area (Å²) in [4.78, 5) is 0.217. The summed E-state index contributed by atoms with van der Waals surface area (Å²) in [6.07, 6.45) is 0. The standard InChI is InChI=1S/C14H15BrN2O2S/c1-9-8-14(10(2)7-13(9)16)17-20(18,19)12-5-3-11(15)4-6-12/h3-8,17H,16H2,1-2H3. The van der Waals surface area contributed by atoms with Gasteiger partial charge in [-0.1, -0.05) is 15.9 Å². The van der Waals surface area contributed by atoms with Crippen LogP contribution in [0.3, 0.4) is 0 Å². The molecule has 0 saturated heterocycles. The largest absolute Gasteiger partial charge is 0.399 e. The Hall–Kier alpha value is -1.53. The number of hydrogen-bond donors (Lipinski definition) is 2. The fraction of sp³-hybridized carbons (Fsp3) is 0.143. The Morgan fingerprint density at radius 3 is 2.25 bits per heavy atom. The highest BCUT2D eigenvalue weighted by Crippen LogP contribution is 2.25. The van der Waals surface area contributed by atoms with Gasteiger partial charge in [0.05, 0.1) is 10.6 Å².